The van der Waals surface area contributed by atoms with Crippen LogP contribution in [0.3, 0.4) is 0 Å². The summed E-state index contributed by atoms with van der Waals surface area (Å²) in [5.41, 5.74) is -0.140. The van der Waals surface area contributed by atoms with Crippen LogP contribution < -0.4 is 0 Å². The number of hydrogen-bond acceptors (Lipinski definition) is 4. The zero-order chi connectivity index (χ0) is 12.0. The van der Waals surface area contributed by atoms with Crippen molar-refractivity contribution in [2.45, 2.75) is 32.6 Å². The number of piperidine rings is 1. The Bertz CT molecular complexity index is 275. The molecule has 1 fully saturated rings. The molecule has 0 radical (unpaired) electrons. The zero-order valence-corrected chi connectivity index (χ0v) is 10.2. The summed E-state index contributed by atoms with van der Waals surface area (Å²) < 4.78 is 4.59. The van der Waals surface area contributed by atoms with Gasteiger partial charge in [-0.15, -0.1) is 0 Å². The minimum Gasteiger partial charge on any atom is -0.469 e. The third-order valence-electron chi connectivity index (χ3n) is 3.31. The Kier molecular flexibility index (Phi) is 4.75. The van der Waals surface area contributed by atoms with Crippen molar-refractivity contribution in [3.05, 3.63) is 0 Å². The standard InChI is InChI=1S/C12H20N2O2/c1-12(10-13)5-8-14(9-6-12)7-3-4-11(15)16-2/h3-9H2,1-2H3. The SMILES string of the molecule is COC(=O)CCCN1CCC(C)(C#N)CC1. The number of esters is 1. The second-order valence-corrected chi connectivity index (χ2v) is 4.69. The van der Waals surface area contributed by atoms with E-state index in [-0.39, 0.29) is 11.4 Å². The van der Waals surface area contributed by atoms with E-state index in [0.29, 0.717) is 6.42 Å². The summed E-state index contributed by atoms with van der Waals surface area (Å²) in [6.45, 7) is 4.88. The second-order valence-electron chi connectivity index (χ2n) is 4.69. The van der Waals surface area contributed by atoms with Crippen LogP contribution in [-0.4, -0.2) is 37.6 Å². The summed E-state index contributed by atoms with van der Waals surface area (Å²) in [4.78, 5) is 13.2. The van der Waals surface area contributed by atoms with E-state index in [1.54, 1.807) is 0 Å². The molecule has 4 heteroatoms. The van der Waals surface area contributed by atoms with Gasteiger partial charge in [-0.05, 0) is 45.8 Å². The summed E-state index contributed by atoms with van der Waals surface area (Å²) in [6, 6.07) is 2.38. The molecule has 90 valence electrons. The van der Waals surface area contributed by atoms with E-state index in [4.69, 9.17) is 5.26 Å². The Labute approximate surface area is 97.2 Å². The van der Waals surface area contributed by atoms with Crippen LogP contribution in [0.15, 0.2) is 0 Å². The van der Waals surface area contributed by atoms with Crippen molar-refractivity contribution in [1.29, 1.82) is 5.26 Å². The molecule has 0 atom stereocenters. The van der Waals surface area contributed by atoms with Gasteiger partial charge in [0.25, 0.3) is 0 Å². The van der Waals surface area contributed by atoms with Gasteiger partial charge in [-0.3, -0.25) is 4.79 Å². The van der Waals surface area contributed by atoms with Gasteiger partial charge in [-0.2, -0.15) is 5.26 Å². The van der Waals surface area contributed by atoms with Gasteiger partial charge in [-0.1, -0.05) is 0 Å². The molecule has 0 bridgehead atoms. The highest BCUT2D eigenvalue weighted by Gasteiger charge is 2.29. The molecular formula is C12H20N2O2. The van der Waals surface area contributed by atoms with Crippen LogP contribution in [0.2, 0.25) is 0 Å². The zero-order valence-electron chi connectivity index (χ0n) is 10.2. The highest BCUT2D eigenvalue weighted by Crippen LogP contribution is 2.29. The van der Waals surface area contributed by atoms with Crippen molar-refractivity contribution in [3.8, 4) is 6.07 Å². The van der Waals surface area contributed by atoms with E-state index in [2.05, 4.69) is 15.7 Å². The summed E-state index contributed by atoms with van der Waals surface area (Å²) in [7, 11) is 1.42. The predicted octanol–water partition coefficient (Wildman–Crippen LogP) is 1.57. The van der Waals surface area contributed by atoms with Gasteiger partial charge in [0.05, 0.1) is 18.6 Å². The lowest BCUT2D eigenvalue weighted by Crippen LogP contribution is -2.38. The molecule has 0 aromatic heterocycles. The average Bonchev–Trinajstić information content (AvgIpc) is 2.31. The molecule has 0 amide bonds. The maximum Gasteiger partial charge on any atom is 0.305 e. The monoisotopic (exact) mass is 224 g/mol. The molecule has 1 saturated heterocycles. The summed E-state index contributed by atoms with van der Waals surface area (Å²) in [6.07, 6.45) is 3.20. The van der Waals surface area contributed by atoms with Gasteiger partial charge in [0.15, 0.2) is 0 Å². The van der Waals surface area contributed by atoms with Gasteiger partial charge < -0.3 is 9.64 Å². The molecular weight excluding hydrogens is 204 g/mol. The molecule has 16 heavy (non-hydrogen) atoms. The number of rotatable bonds is 4. The van der Waals surface area contributed by atoms with Crippen molar-refractivity contribution >= 4 is 5.97 Å². The quantitative estimate of drug-likeness (QED) is 0.680. The average molecular weight is 224 g/mol. The van der Waals surface area contributed by atoms with Crippen molar-refractivity contribution in [1.82, 2.24) is 4.90 Å². The second kappa shape index (κ2) is 5.86. The topological polar surface area (TPSA) is 53.3 Å². The van der Waals surface area contributed by atoms with Gasteiger partial charge in [0.2, 0.25) is 0 Å². The van der Waals surface area contributed by atoms with Gasteiger partial charge in [0.1, 0.15) is 0 Å². The first-order valence-corrected chi connectivity index (χ1v) is 5.80. The summed E-state index contributed by atoms with van der Waals surface area (Å²) >= 11 is 0. The highest BCUT2D eigenvalue weighted by atomic mass is 16.5. The van der Waals surface area contributed by atoms with Crippen LogP contribution in [0, 0.1) is 16.7 Å². The lowest BCUT2D eigenvalue weighted by Gasteiger charge is -2.34. The molecule has 1 rings (SSSR count). The van der Waals surface area contributed by atoms with E-state index in [1.807, 2.05) is 6.92 Å². The van der Waals surface area contributed by atoms with Crippen LogP contribution in [0.4, 0.5) is 0 Å². The molecule has 0 spiro atoms. The lowest BCUT2D eigenvalue weighted by molar-refractivity contribution is -0.140. The van der Waals surface area contributed by atoms with Crippen LogP contribution in [0.25, 0.3) is 0 Å². The Morgan fingerprint density at radius 1 is 1.50 bits per heavy atom. The van der Waals surface area contributed by atoms with Gasteiger partial charge >= 0.3 is 5.97 Å². The van der Waals surface area contributed by atoms with E-state index in [9.17, 15) is 4.79 Å². The fourth-order valence-electron chi connectivity index (χ4n) is 1.93. The van der Waals surface area contributed by atoms with Crippen LogP contribution in [-0.2, 0) is 9.53 Å². The van der Waals surface area contributed by atoms with Gasteiger partial charge in [-0.25, -0.2) is 0 Å². The predicted molar refractivity (Wildman–Crippen MR) is 60.6 cm³/mol. The van der Waals surface area contributed by atoms with E-state index in [1.165, 1.54) is 7.11 Å². The summed E-state index contributed by atoms with van der Waals surface area (Å²) in [5, 5.41) is 8.99. The number of carbonyl (C=O) groups excluding carboxylic acids is 1. The molecule has 0 unspecified atom stereocenters. The Hall–Kier alpha value is -1.08. The highest BCUT2D eigenvalue weighted by molar-refractivity contribution is 5.69. The number of nitrogens with zero attached hydrogens (tertiary/aromatic N) is 2. The Morgan fingerprint density at radius 3 is 2.62 bits per heavy atom. The number of methoxy groups -OCH3 is 1. The first kappa shape index (κ1) is 13.0. The summed E-state index contributed by atoms with van der Waals surface area (Å²) in [5.74, 6) is -0.140. The van der Waals surface area contributed by atoms with E-state index >= 15 is 0 Å². The normalized spacial score (nSPS) is 20.1. The van der Waals surface area contributed by atoms with Crippen LogP contribution in [0.1, 0.15) is 32.6 Å². The molecule has 4 nitrogen and oxygen atoms in total. The number of carbonyl (C=O) groups is 1. The van der Waals surface area contributed by atoms with Crippen LogP contribution >= 0.6 is 0 Å². The molecule has 0 aliphatic carbocycles. The minimum atomic E-state index is -0.140. The maximum absolute atomic E-state index is 10.9. The molecule has 1 aliphatic heterocycles. The maximum atomic E-state index is 10.9. The van der Waals surface area contributed by atoms with Crippen molar-refractivity contribution in [2.24, 2.45) is 5.41 Å². The molecule has 0 saturated carbocycles. The fourth-order valence-corrected chi connectivity index (χ4v) is 1.93. The van der Waals surface area contributed by atoms with Crippen molar-refractivity contribution in [2.75, 3.05) is 26.7 Å². The van der Waals surface area contributed by atoms with E-state index < -0.39 is 0 Å². The fraction of sp³-hybridized carbons (Fsp3) is 0.833. The third-order valence-corrected chi connectivity index (χ3v) is 3.31. The van der Waals surface area contributed by atoms with Gasteiger partial charge in [0, 0.05) is 6.42 Å². The number of ether oxygens (including phenoxy) is 1. The molecule has 1 heterocycles. The largest absolute Gasteiger partial charge is 0.469 e. The number of likely N-dealkylation sites (tertiary alicyclic amines) is 1. The molecule has 0 aromatic carbocycles. The van der Waals surface area contributed by atoms with Crippen molar-refractivity contribution < 1.29 is 9.53 Å². The Balaban J connectivity index is 2.18. The van der Waals surface area contributed by atoms with Crippen molar-refractivity contribution in [3.63, 3.8) is 0 Å². The Morgan fingerprint density at radius 2 is 2.12 bits per heavy atom. The first-order chi connectivity index (χ1) is 7.59. The minimum absolute atomic E-state index is 0.140. The van der Waals surface area contributed by atoms with Crippen LogP contribution in [0.5, 0.6) is 0 Å². The number of nitriles is 1. The van der Waals surface area contributed by atoms with E-state index in [0.717, 1.165) is 38.9 Å². The first-order valence-electron chi connectivity index (χ1n) is 5.80. The third kappa shape index (κ3) is 3.82. The molecule has 0 aromatic rings. The smallest absolute Gasteiger partial charge is 0.305 e. The number of hydrogen-bond donors (Lipinski definition) is 0. The molecule has 1 aliphatic rings. The lowest BCUT2D eigenvalue weighted by atomic mass is 9.82. The molecule has 0 N–H and O–H groups in total.